The SMILES string of the molecule is COc1ccc(S(=O)(=O)N2CCCC2)cc1NC(=O)CN(c1cc(C)cc(C)c1)S(=O)(=O)c1ccc(C)cc1. The summed E-state index contributed by atoms with van der Waals surface area (Å²) in [6.07, 6.45) is 1.59. The van der Waals surface area contributed by atoms with Crippen LogP contribution in [0.25, 0.3) is 0 Å². The molecular weight excluding hydrogens is 538 g/mol. The third-order valence-corrected chi connectivity index (χ3v) is 10.2. The summed E-state index contributed by atoms with van der Waals surface area (Å²) in [6, 6.07) is 16.0. The fourth-order valence-electron chi connectivity index (χ4n) is 4.59. The molecule has 11 heteroatoms. The van der Waals surface area contributed by atoms with Crippen LogP contribution in [0.5, 0.6) is 5.75 Å². The van der Waals surface area contributed by atoms with E-state index in [4.69, 9.17) is 4.74 Å². The molecule has 3 aromatic carbocycles. The van der Waals surface area contributed by atoms with E-state index in [1.807, 2.05) is 26.8 Å². The number of carbonyl (C=O) groups is 1. The van der Waals surface area contributed by atoms with Gasteiger partial charge in [0.05, 0.1) is 28.3 Å². The second kappa shape index (κ2) is 11.4. The van der Waals surface area contributed by atoms with Crippen molar-refractivity contribution in [3.05, 3.63) is 77.4 Å². The molecule has 1 heterocycles. The van der Waals surface area contributed by atoms with Gasteiger partial charge in [-0.1, -0.05) is 23.8 Å². The maximum Gasteiger partial charge on any atom is 0.264 e. The van der Waals surface area contributed by atoms with Gasteiger partial charge in [-0.3, -0.25) is 9.10 Å². The summed E-state index contributed by atoms with van der Waals surface area (Å²) in [5, 5.41) is 2.67. The minimum atomic E-state index is -4.11. The standard InChI is InChI=1S/C28H33N3O6S2/c1-20-7-9-24(10-8-20)39(35,36)31(23-16-21(2)15-22(3)17-23)19-28(32)29-26-18-25(11-12-27(26)37-4)38(33,34)30-13-5-6-14-30/h7-12,15-18H,5-6,13-14,19H2,1-4H3,(H,29,32). The Morgan fingerprint density at radius 2 is 1.44 bits per heavy atom. The van der Waals surface area contributed by atoms with Gasteiger partial charge in [-0.05, 0) is 87.2 Å². The van der Waals surface area contributed by atoms with E-state index >= 15 is 0 Å². The second-order valence-corrected chi connectivity index (χ2v) is 13.5. The molecule has 3 aromatic rings. The van der Waals surface area contributed by atoms with Crippen LogP contribution in [0, 0.1) is 20.8 Å². The molecule has 9 nitrogen and oxygen atoms in total. The van der Waals surface area contributed by atoms with Gasteiger partial charge in [-0.25, -0.2) is 16.8 Å². The maximum absolute atomic E-state index is 13.7. The summed E-state index contributed by atoms with van der Waals surface area (Å²) in [5.41, 5.74) is 3.07. The first-order valence-electron chi connectivity index (χ1n) is 12.6. The Kier molecular flexibility index (Phi) is 8.34. The van der Waals surface area contributed by atoms with Gasteiger partial charge >= 0.3 is 0 Å². The smallest absolute Gasteiger partial charge is 0.264 e. The third kappa shape index (κ3) is 6.26. The maximum atomic E-state index is 13.7. The number of aryl methyl sites for hydroxylation is 3. The topological polar surface area (TPSA) is 113 Å². The number of nitrogens with zero attached hydrogens (tertiary/aromatic N) is 2. The quantitative estimate of drug-likeness (QED) is 0.411. The largest absolute Gasteiger partial charge is 0.495 e. The van der Waals surface area contributed by atoms with E-state index in [2.05, 4.69) is 5.32 Å². The average Bonchev–Trinajstić information content (AvgIpc) is 3.43. The summed E-state index contributed by atoms with van der Waals surface area (Å²) in [5.74, 6) is -0.401. The Morgan fingerprint density at radius 1 is 0.846 bits per heavy atom. The zero-order valence-corrected chi connectivity index (χ0v) is 24.1. The van der Waals surface area contributed by atoms with Crippen molar-refractivity contribution in [2.45, 2.75) is 43.4 Å². The molecule has 0 spiro atoms. The first-order chi connectivity index (χ1) is 18.4. The van der Waals surface area contributed by atoms with Crippen molar-refractivity contribution in [1.29, 1.82) is 0 Å². The summed E-state index contributed by atoms with van der Waals surface area (Å²) >= 11 is 0. The molecule has 208 valence electrons. The molecule has 1 fully saturated rings. The molecule has 4 rings (SSSR count). The summed E-state index contributed by atoms with van der Waals surface area (Å²) in [6.45, 7) is 5.91. The Hall–Kier alpha value is -3.41. The number of anilines is 2. The van der Waals surface area contributed by atoms with Crippen LogP contribution in [0.1, 0.15) is 29.5 Å². The molecule has 1 aliphatic rings. The average molecular weight is 572 g/mol. The van der Waals surface area contributed by atoms with Crippen molar-refractivity contribution >= 4 is 37.3 Å². The highest BCUT2D eigenvalue weighted by Crippen LogP contribution is 2.31. The normalized spacial score (nSPS) is 14.3. The Bertz CT molecular complexity index is 1560. The highest BCUT2D eigenvalue weighted by atomic mass is 32.2. The fraction of sp³-hybridized carbons (Fsp3) is 0.321. The first-order valence-corrected chi connectivity index (χ1v) is 15.5. The lowest BCUT2D eigenvalue weighted by Gasteiger charge is -2.25. The predicted octanol–water partition coefficient (Wildman–Crippen LogP) is 4.24. The zero-order valence-electron chi connectivity index (χ0n) is 22.5. The van der Waals surface area contributed by atoms with Gasteiger partial charge in [0.1, 0.15) is 12.3 Å². The molecule has 0 radical (unpaired) electrons. The van der Waals surface area contributed by atoms with Crippen LogP contribution in [0.15, 0.2) is 70.5 Å². The van der Waals surface area contributed by atoms with Gasteiger partial charge < -0.3 is 10.1 Å². The molecule has 1 amide bonds. The highest BCUT2D eigenvalue weighted by molar-refractivity contribution is 7.92. The number of ether oxygens (including phenoxy) is 1. The molecule has 1 N–H and O–H groups in total. The molecule has 0 aromatic heterocycles. The second-order valence-electron chi connectivity index (χ2n) is 9.69. The van der Waals surface area contributed by atoms with Gasteiger partial charge in [0.25, 0.3) is 10.0 Å². The number of rotatable bonds is 9. The molecule has 0 bridgehead atoms. The number of benzene rings is 3. The summed E-state index contributed by atoms with van der Waals surface area (Å²) in [7, 11) is -6.45. The van der Waals surface area contributed by atoms with Crippen molar-refractivity contribution in [1.82, 2.24) is 4.31 Å². The van der Waals surface area contributed by atoms with Crippen LogP contribution in [0.2, 0.25) is 0 Å². The Labute approximate surface area is 230 Å². The molecule has 0 unspecified atom stereocenters. The summed E-state index contributed by atoms with van der Waals surface area (Å²) < 4.78 is 61.5. The monoisotopic (exact) mass is 571 g/mol. The van der Waals surface area contributed by atoms with E-state index in [0.717, 1.165) is 33.8 Å². The molecule has 1 saturated heterocycles. The number of carbonyl (C=O) groups excluding carboxylic acids is 1. The molecule has 0 aliphatic carbocycles. The van der Waals surface area contributed by atoms with E-state index in [0.29, 0.717) is 18.8 Å². The molecular formula is C28H33N3O6S2. The van der Waals surface area contributed by atoms with Gasteiger partial charge in [0, 0.05) is 13.1 Å². The first kappa shape index (κ1) is 28.6. The molecule has 0 atom stereocenters. The minimum absolute atomic E-state index is 0.0268. The number of amides is 1. The number of nitrogens with one attached hydrogen (secondary N) is 1. The number of methoxy groups -OCH3 is 1. The van der Waals surface area contributed by atoms with Crippen molar-refractivity contribution in [2.24, 2.45) is 0 Å². The van der Waals surface area contributed by atoms with E-state index in [1.165, 1.54) is 41.7 Å². The van der Waals surface area contributed by atoms with E-state index in [1.54, 1.807) is 24.3 Å². The van der Waals surface area contributed by atoms with Crippen LogP contribution in [0.4, 0.5) is 11.4 Å². The van der Waals surface area contributed by atoms with Gasteiger partial charge in [-0.15, -0.1) is 0 Å². The Morgan fingerprint density at radius 3 is 2.03 bits per heavy atom. The predicted molar refractivity (Wildman–Crippen MR) is 151 cm³/mol. The molecule has 39 heavy (non-hydrogen) atoms. The highest BCUT2D eigenvalue weighted by Gasteiger charge is 2.30. The molecule has 1 aliphatic heterocycles. The van der Waals surface area contributed by atoms with Crippen LogP contribution in [-0.2, 0) is 24.8 Å². The summed E-state index contributed by atoms with van der Waals surface area (Å²) in [4.78, 5) is 13.4. The Balaban J connectivity index is 1.68. The van der Waals surface area contributed by atoms with Crippen molar-refractivity contribution in [2.75, 3.05) is 36.4 Å². The zero-order chi connectivity index (χ0) is 28.4. The third-order valence-electron chi connectivity index (χ3n) is 6.54. The van der Waals surface area contributed by atoms with Gasteiger partial charge in [0.2, 0.25) is 15.9 Å². The van der Waals surface area contributed by atoms with Crippen molar-refractivity contribution in [3.8, 4) is 5.75 Å². The van der Waals surface area contributed by atoms with Crippen LogP contribution in [-0.4, -0.2) is 53.8 Å². The number of sulfonamides is 2. The van der Waals surface area contributed by atoms with Crippen LogP contribution in [0.3, 0.4) is 0 Å². The lowest BCUT2D eigenvalue weighted by molar-refractivity contribution is -0.114. The molecule has 0 saturated carbocycles. The van der Waals surface area contributed by atoms with E-state index < -0.39 is 32.5 Å². The van der Waals surface area contributed by atoms with Crippen LogP contribution >= 0.6 is 0 Å². The fourth-order valence-corrected chi connectivity index (χ4v) is 7.54. The number of hydrogen-bond acceptors (Lipinski definition) is 6. The lowest BCUT2D eigenvalue weighted by atomic mass is 10.1. The van der Waals surface area contributed by atoms with Crippen molar-refractivity contribution < 1.29 is 26.4 Å². The lowest BCUT2D eigenvalue weighted by Crippen LogP contribution is -2.38. The minimum Gasteiger partial charge on any atom is -0.495 e. The number of hydrogen-bond donors (Lipinski definition) is 1. The van der Waals surface area contributed by atoms with Gasteiger partial charge in [-0.2, -0.15) is 4.31 Å². The van der Waals surface area contributed by atoms with Gasteiger partial charge in [0.15, 0.2) is 0 Å². The van der Waals surface area contributed by atoms with Crippen LogP contribution < -0.4 is 14.4 Å². The van der Waals surface area contributed by atoms with E-state index in [9.17, 15) is 21.6 Å². The van der Waals surface area contributed by atoms with E-state index in [-0.39, 0.29) is 21.2 Å². The van der Waals surface area contributed by atoms with Crippen molar-refractivity contribution in [3.63, 3.8) is 0 Å².